The van der Waals surface area contributed by atoms with Crippen molar-refractivity contribution in [2.24, 2.45) is 4.99 Å². The van der Waals surface area contributed by atoms with Crippen molar-refractivity contribution in [3.63, 3.8) is 0 Å². The number of ether oxygens (including phenoxy) is 1. The summed E-state index contributed by atoms with van der Waals surface area (Å²) in [5, 5.41) is 11.6. The number of hydrogen-bond donors (Lipinski definition) is 0. The van der Waals surface area contributed by atoms with Gasteiger partial charge in [0.05, 0.1) is 9.40 Å². The summed E-state index contributed by atoms with van der Waals surface area (Å²) in [6, 6.07) is 6.08. The van der Waals surface area contributed by atoms with E-state index in [1.54, 1.807) is 6.07 Å². The van der Waals surface area contributed by atoms with Crippen molar-refractivity contribution in [3.05, 3.63) is 61.3 Å². The molecule has 11 heteroatoms. The summed E-state index contributed by atoms with van der Waals surface area (Å²) in [4.78, 5) is 15.6. The van der Waals surface area contributed by atoms with Gasteiger partial charge in [0.1, 0.15) is 12.0 Å². The molecule has 0 aromatic heterocycles. The third kappa shape index (κ3) is 3.62. The Labute approximate surface area is 151 Å². The van der Waals surface area contributed by atoms with E-state index in [0.717, 1.165) is 12.1 Å². The Morgan fingerprint density at radius 2 is 2.00 bits per heavy atom. The summed E-state index contributed by atoms with van der Waals surface area (Å²) < 4.78 is 55.0. The van der Waals surface area contributed by atoms with Gasteiger partial charge in [0.15, 0.2) is 5.82 Å². The average molecular weight is 434 g/mol. The maximum Gasteiger partial charge on any atom is 0.573 e. The molecule has 0 atom stereocenters. The minimum absolute atomic E-state index is 0.0585. The molecule has 2 aromatic rings. The number of alkyl halides is 3. The lowest BCUT2D eigenvalue weighted by atomic mass is 10.2. The zero-order valence-corrected chi connectivity index (χ0v) is 14.2. The van der Waals surface area contributed by atoms with Crippen molar-refractivity contribution in [1.29, 1.82) is 0 Å². The Hall–Kier alpha value is -2.69. The number of rotatable bonds is 3. The molecule has 26 heavy (non-hydrogen) atoms. The van der Waals surface area contributed by atoms with E-state index in [1.165, 1.54) is 23.2 Å². The van der Waals surface area contributed by atoms with Crippen LogP contribution in [0.15, 0.2) is 39.8 Å². The number of anilines is 1. The predicted molar refractivity (Wildman–Crippen MR) is 86.5 cm³/mol. The Morgan fingerprint density at radius 1 is 1.27 bits per heavy atom. The molecule has 0 aliphatic carbocycles. The van der Waals surface area contributed by atoms with E-state index in [0.29, 0.717) is 5.22 Å². The van der Waals surface area contributed by atoms with E-state index < -0.39 is 28.5 Å². The summed E-state index contributed by atoms with van der Waals surface area (Å²) in [5.41, 5.74) is -0.634. The number of nitro groups is 1. The molecule has 0 amide bonds. The van der Waals surface area contributed by atoms with Crippen LogP contribution in [0, 0.1) is 15.9 Å². The lowest BCUT2D eigenvalue weighted by Crippen LogP contribution is -2.38. The summed E-state index contributed by atoms with van der Waals surface area (Å²) in [7, 11) is 0. The van der Waals surface area contributed by atoms with Gasteiger partial charge in [0.2, 0.25) is 5.75 Å². The molecule has 0 N–H and O–H groups in total. The number of hydrogen-bond acceptors (Lipinski definition) is 5. The van der Waals surface area contributed by atoms with E-state index in [9.17, 15) is 27.7 Å². The monoisotopic (exact) mass is 433 g/mol. The molecule has 0 saturated heterocycles. The second kappa shape index (κ2) is 6.56. The quantitative estimate of drug-likeness (QED) is 0.423. The molecule has 0 saturated carbocycles. The molecule has 2 aromatic carbocycles. The highest BCUT2D eigenvalue weighted by atomic mass is 79.9. The molecule has 0 radical (unpaired) electrons. The van der Waals surface area contributed by atoms with Gasteiger partial charge in [0, 0.05) is 23.2 Å². The zero-order valence-electron chi connectivity index (χ0n) is 12.6. The lowest BCUT2D eigenvalue weighted by molar-refractivity contribution is -0.388. The van der Waals surface area contributed by atoms with Crippen molar-refractivity contribution in [1.82, 2.24) is 0 Å². The first-order valence-electron chi connectivity index (χ1n) is 6.97. The predicted octanol–water partition coefficient (Wildman–Crippen LogP) is 3.23. The third-order valence-electron chi connectivity index (χ3n) is 3.47. The highest BCUT2D eigenvalue weighted by Crippen LogP contribution is 2.35. The maximum absolute atomic E-state index is 14.0. The number of halogens is 5. The highest BCUT2D eigenvalue weighted by molar-refractivity contribution is 9.10. The average Bonchev–Trinajstić information content (AvgIpc) is 2.56. The molecule has 1 aliphatic rings. The van der Waals surface area contributed by atoms with Crippen LogP contribution in [0.25, 0.3) is 6.20 Å². The first-order chi connectivity index (χ1) is 12.2. The molecule has 1 aliphatic heterocycles. The molecule has 0 spiro atoms. The van der Waals surface area contributed by atoms with Crippen molar-refractivity contribution >= 4 is 33.5 Å². The van der Waals surface area contributed by atoms with E-state index >= 15 is 0 Å². The lowest BCUT2D eigenvalue weighted by Gasteiger charge is -2.21. The SMILES string of the molecule is O=[N+]([O-])c1cc(N2C=c3ccc(Br)c(F)c3=NC2)ccc1OC(F)(F)F. The van der Waals surface area contributed by atoms with Crippen LogP contribution in [0.4, 0.5) is 28.9 Å². The van der Waals surface area contributed by atoms with Gasteiger partial charge in [-0.05, 0) is 34.1 Å². The molecule has 6 nitrogen and oxygen atoms in total. The van der Waals surface area contributed by atoms with Gasteiger partial charge in [-0.2, -0.15) is 0 Å². The van der Waals surface area contributed by atoms with E-state index in [1.807, 2.05) is 0 Å². The second-order valence-electron chi connectivity index (χ2n) is 5.15. The summed E-state index contributed by atoms with van der Waals surface area (Å²) in [6.07, 6.45) is -3.55. The number of nitrogens with zero attached hydrogens (tertiary/aromatic N) is 3. The highest BCUT2D eigenvalue weighted by Gasteiger charge is 2.34. The molecule has 0 fully saturated rings. The van der Waals surface area contributed by atoms with Crippen molar-refractivity contribution in [2.45, 2.75) is 6.36 Å². The third-order valence-corrected chi connectivity index (χ3v) is 4.09. The molecule has 0 unspecified atom stereocenters. The Kier molecular flexibility index (Phi) is 4.57. The fourth-order valence-electron chi connectivity index (χ4n) is 2.37. The van der Waals surface area contributed by atoms with E-state index in [4.69, 9.17) is 0 Å². The Morgan fingerprint density at radius 3 is 2.65 bits per heavy atom. The van der Waals surface area contributed by atoms with Crippen LogP contribution < -0.4 is 20.2 Å². The molecular weight excluding hydrogens is 426 g/mol. The number of fused-ring (bicyclic) bond motifs is 1. The standard InChI is InChI=1S/C15H8BrF4N3O3/c16-10-3-1-8-6-22(7-21-14(8)13(10)17)9-2-4-12(26-15(18,19)20)11(5-9)23(24)25/h1-6H,7H2. The Bertz CT molecular complexity index is 1010. The van der Waals surface area contributed by atoms with Crippen LogP contribution in [0.2, 0.25) is 0 Å². The first kappa shape index (κ1) is 18.1. The zero-order chi connectivity index (χ0) is 19.1. The molecular formula is C15H8BrF4N3O3. The normalized spacial score (nSPS) is 13.5. The summed E-state index contributed by atoms with van der Waals surface area (Å²) in [6.45, 7) is -0.0585. The van der Waals surface area contributed by atoms with Crippen molar-refractivity contribution in [2.75, 3.05) is 11.6 Å². The summed E-state index contributed by atoms with van der Waals surface area (Å²) >= 11 is 3.05. The summed E-state index contributed by atoms with van der Waals surface area (Å²) in [5.74, 6) is -1.46. The minimum Gasteiger partial charge on any atom is -0.398 e. The van der Waals surface area contributed by atoms with Crippen LogP contribution in [0.5, 0.6) is 5.75 Å². The van der Waals surface area contributed by atoms with E-state index in [2.05, 4.69) is 25.7 Å². The fraction of sp³-hybridized carbons (Fsp3) is 0.133. The molecule has 1 heterocycles. The van der Waals surface area contributed by atoms with Crippen LogP contribution in [0.3, 0.4) is 0 Å². The van der Waals surface area contributed by atoms with Crippen LogP contribution in [-0.2, 0) is 0 Å². The number of nitro benzene ring substituents is 1. The maximum atomic E-state index is 14.0. The van der Waals surface area contributed by atoms with Crippen LogP contribution in [-0.4, -0.2) is 18.0 Å². The topological polar surface area (TPSA) is 68.0 Å². The van der Waals surface area contributed by atoms with Crippen LogP contribution >= 0.6 is 15.9 Å². The van der Waals surface area contributed by atoms with Crippen molar-refractivity contribution in [3.8, 4) is 5.75 Å². The fourth-order valence-corrected chi connectivity index (χ4v) is 2.69. The Balaban J connectivity index is 2.02. The second-order valence-corrected chi connectivity index (χ2v) is 6.01. The van der Waals surface area contributed by atoms with Gasteiger partial charge < -0.3 is 9.64 Å². The van der Waals surface area contributed by atoms with Gasteiger partial charge in [0.25, 0.3) is 0 Å². The van der Waals surface area contributed by atoms with Gasteiger partial charge in [-0.25, -0.2) is 4.39 Å². The van der Waals surface area contributed by atoms with Crippen LogP contribution in [0.1, 0.15) is 0 Å². The first-order valence-corrected chi connectivity index (χ1v) is 7.76. The van der Waals surface area contributed by atoms with E-state index in [-0.39, 0.29) is 22.2 Å². The van der Waals surface area contributed by atoms with Gasteiger partial charge in [-0.3, -0.25) is 15.1 Å². The van der Waals surface area contributed by atoms with Gasteiger partial charge in [-0.1, -0.05) is 6.07 Å². The molecule has 3 rings (SSSR count). The van der Waals surface area contributed by atoms with Gasteiger partial charge in [-0.15, -0.1) is 13.2 Å². The smallest absolute Gasteiger partial charge is 0.398 e. The van der Waals surface area contributed by atoms with Crippen molar-refractivity contribution < 1.29 is 27.2 Å². The van der Waals surface area contributed by atoms with Gasteiger partial charge >= 0.3 is 12.0 Å². The largest absolute Gasteiger partial charge is 0.573 e. The minimum atomic E-state index is -5.05. The number of benzene rings is 2. The molecule has 0 bridgehead atoms. The molecule has 136 valence electrons.